The van der Waals surface area contributed by atoms with Gasteiger partial charge in [0.2, 0.25) is 0 Å². The van der Waals surface area contributed by atoms with Crippen molar-refractivity contribution in [1.82, 2.24) is 4.98 Å². The number of rotatable bonds is 4. The molecule has 0 bridgehead atoms. The summed E-state index contributed by atoms with van der Waals surface area (Å²) in [6, 6.07) is 10.2. The van der Waals surface area contributed by atoms with Gasteiger partial charge >= 0.3 is 0 Å². The van der Waals surface area contributed by atoms with Crippen LogP contribution in [0.15, 0.2) is 36.5 Å². The summed E-state index contributed by atoms with van der Waals surface area (Å²) in [5.41, 5.74) is 1.23. The van der Waals surface area contributed by atoms with E-state index < -0.39 is 0 Å². The number of anilines is 1. The van der Waals surface area contributed by atoms with E-state index in [0.29, 0.717) is 4.88 Å². The highest BCUT2D eigenvalue weighted by atomic mass is 32.1. The lowest BCUT2D eigenvalue weighted by molar-refractivity contribution is 0.102. The van der Waals surface area contributed by atoms with Gasteiger partial charge in [-0.2, -0.15) is 0 Å². The zero-order valence-electron chi connectivity index (χ0n) is 9.88. The van der Waals surface area contributed by atoms with Crippen molar-refractivity contribution in [2.45, 2.75) is 13.5 Å². The maximum atomic E-state index is 11.2. The largest absolute Gasteiger partial charge is 0.347 e. The first-order valence-electron chi connectivity index (χ1n) is 5.38. The summed E-state index contributed by atoms with van der Waals surface area (Å²) in [5, 5.41) is 0.874. The Bertz CT molecular complexity index is 507. The van der Waals surface area contributed by atoms with Crippen LogP contribution in [0.3, 0.4) is 0 Å². The molecule has 1 heterocycles. The van der Waals surface area contributed by atoms with Crippen molar-refractivity contribution in [1.29, 1.82) is 0 Å². The first-order chi connectivity index (χ1) is 8.16. The van der Waals surface area contributed by atoms with E-state index in [2.05, 4.69) is 17.1 Å². The number of aromatic nitrogens is 1. The number of Topliss-reactive ketones (excluding diaryl/α,β-unsaturated/α-hetero) is 1. The number of hydrogen-bond donors (Lipinski definition) is 0. The van der Waals surface area contributed by atoms with Gasteiger partial charge < -0.3 is 4.90 Å². The van der Waals surface area contributed by atoms with Gasteiger partial charge in [-0.1, -0.05) is 41.7 Å². The van der Waals surface area contributed by atoms with Gasteiger partial charge in [0, 0.05) is 20.5 Å². The topological polar surface area (TPSA) is 33.2 Å². The SMILES string of the molecule is CC(=O)c1cnc(N(C)Cc2ccccc2)s1. The zero-order chi connectivity index (χ0) is 12.3. The van der Waals surface area contributed by atoms with Gasteiger partial charge in [0.1, 0.15) is 0 Å². The summed E-state index contributed by atoms with van der Waals surface area (Å²) >= 11 is 1.43. The van der Waals surface area contributed by atoms with Crippen LogP contribution in [0.2, 0.25) is 0 Å². The molecule has 0 N–H and O–H groups in total. The summed E-state index contributed by atoms with van der Waals surface area (Å²) in [5.74, 6) is 0.0712. The summed E-state index contributed by atoms with van der Waals surface area (Å²) in [6.45, 7) is 2.36. The highest BCUT2D eigenvalue weighted by Gasteiger charge is 2.09. The molecule has 0 fully saturated rings. The van der Waals surface area contributed by atoms with Crippen molar-refractivity contribution >= 4 is 22.3 Å². The molecule has 3 nitrogen and oxygen atoms in total. The highest BCUT2D eigenvalue weighted by molar-refractivity contribution is 7.17. The minimum absolute atomic E-state index is 0.0712. The highest BCUT2D eigenvalue weighted by Crippen LogP contribution is 2.23. The molecule has 0 aliphatic carbocycles. The number of carbonyl (C=O) groups excluding carboxylic acids is 1. The number of nitrogens with zero attached hydrogens (tertiary/aromatic N) is 2. The van der Waals surface area contributed by atoms with E-state index in [1.165, 1.54) is 16.9 Å². The molecule has 1 aromatic heterocycles. The molecule has 0 spiro atoms. The van der Waals surface area contributed by atoms with Crippen molar-refractivity contribution < 1.29 is 4.79 Å². The Morgan fingerprint density at radius 3 is 2.65 bits per heavy atom. The predicted molar refractivity (Wildman–Crippen MR) is 70.7 cm³/mol. The molecule has 0 amide bonds. The van der Waals surface area contributed by atoms with Crippen LogP contribution in [0, 0.1) is 0 Å². The van der Waals surface area contributed by atoms with Gasteiger partial charge in [-0.3, -0.25) is 4.79 Å². The third-order valence-electron chi connectivity index (χ3n) is 2.43. The predicted octanol–water partition coefficient (Wildman–Crippen LogP) is 2.98. The number of hydrogen-bond acceptors (Lipinski definition) is 4. The number of benzene rings is 1. The first kappa shape index (κ1) is 11.8. The van der Waals surface area contributed by atoms with Crippen LogP contribution >= 0.6 is 11.3 Å². The van der Waals surface area contributed by atoms with Crippen LogP contribution in [0.5, 0.6) is 0 Å². The van der Waals surface area contributed by atoms with Crippen LogP contribution < -0.4 is 4.90 Å². The van der Waals surface area contributed by atoms with Crippen molar-refractivity contribution in [3.8, 4) is 0 Å². The Hall–Kier alpha value is -1.68. The second-order valence-corrected chi connectivity index (χ2v) is 4.91. The zero-order valence-corrected chi connectivity index (χ0v) is 10.7. The van der Waals surface area contributed by atoms with Crippen molar-refractivity contribution in [2.75, 3.05) is 11.9 Å². The summed E-state index contributed by atoms with van der Waals surface area (Å²) in [4.78, 5) is 18.2. The fourth-order valence-electron chi connectivity index (χ4n) is 1.53. The average Bonchev–Trinajstić information content (AvgIpc) is 2.79. The fraction of sp³-hybridized carbons (Fsp3) is 0.231. The molecule has 2 aromatic rings. The lowest BCUT2D eigenvalue weighted by Gasteiger charge is -2.15. The third-order valence-corrected chi connectivity index (χ3v) is 3.64. The minimum atomic E-state index is 0.0712. The van der Waals surface area contributed by atoms with Crippen molar-refractivity contribution in [3.63, 3.8) is 0 Å². The van der Waals surface area contributed by atoms with Gasteiger partial charge in [-0.05, 0) is 5.56 Å². The molecule has 0 saturated heterocycles. The smallest absolute Gasteiger partial charge is 0.185 e. The molecule has 0 saturated carbocycles. The van der Waals surface area contributed by atoms with Crippen LogP contribution in [-0.2, 0) is 6.54 Å². The molecular weight excluding hydrogens is 232 g/mol. The van der Waals surface area contributed by atoms with Gasteiger partial charge in [-0.25, -0.2) is 4.98 Å². The lowest BCUT2D eigenvalue weighted by atomic mass is 10.2. The molecule has 4 heteroatoms. The Kier molecular flexibility index (Phi) is 3.54. The van der Waals surface area contributed by atoms with E-state index in [1.54, 1.807) is 13.1 Å². The Balaban J connectivity index is 2.09. The average molecular weight is 246 g/mol. The Morgan fingerprint density at radius 2 is 2.06 bits per heavy atom. The number of ketones is 1. The van der Waals surface area contributed by atoms with Gasteiger partial charge in [0.15, 0.2) is 10.9 Å². The van der Waals surface area contributed by atoms with Crippen LogP contribution in [-0.4, -0.2) is 17.8 Å². The van der Waals surface area contributed by atoms with Crippen LogP contribution in [0.25, 0.3) is 0 Å². The molecule has 0 unspecified atom stereocenters. The number of thiazole rings is 1. The molecule has 2 rings (SSSR count). The van der Waals surface area contributed by atoms with Crippen molar-refractivity contribution in [2.24, 2.45) is 0 Å². The first-order valence-corrected chi connectivity index (χ1v) is 6.20. The molecule has 0 aliphatic heterocycles. The van der Waals surface area contributed by atoms with Gasteiger partial charge in [-0.15, -0.1) is 0 Å². The summed E-state index contributed by atoms with van der Waals surface area (Å²) in [6.07, 6.45) is 1.64. The maximum absolute atomic E-state index is 11.2. The molecule has 17 heavy (non-hydrogen) atoms. The molecule has 0 atom stereocenters. The van der Waals surface area contributed by atoms with E-state index in [-0.39, 0.29) is 5.78 Å². The summed E-state index contributed by atoms with van der Waals surface area (Å²) in [7, 11) is 1.98. The molecule has 1 aromatic carbocycles. The van der Waals surface area contributed by atoms with E-state index in [9.17, 15) is 4.79 Å². The molecule has 88 valence electrons. The monoisotopic (exact) mass is 246 g/mol. The Morgan fingerprint density at radius 1 is 1.35 bits per heavy atom. The second kappa shape index (κ2) is 5.10. The lowest BCUT2D eigenvalue weighted by Crippen LogP contribution is -2.15. The quantitative estimate of drug-likeness (QED) is 0.778. The fourth-order valence-corrected chi connectivity index (χ4v) is 2.30. The second-order valence-electron chi connectivity index (χ2n) is 3.90. The standard InChI is InChI=1S/C13H14N2OS/c1-10(16)12-8-14-13(17-12)15(2)9-11-6-4-3-5-7-11/h3-8H,9H2,1-2H3. The van der Waals surface area contributed by atoms with Crippen molar-refractivity contribution in [3.05, 3.63) is 47.0 Å². The molecule has 0 aliphatic rings. The number of carbonyl (C=O) groups is 1. The minimum Gasteiger partial charge on any atom is -0.347 e. The van der Waals surface area contributed by atoms with Crippen LogP contribution in [0.4, 0.5) is 5.13 Å². The van der Waals surface area contributed by atoms with E-state index in [1.807, 2.05) is 30.1 Å². The van der Waals surface area contributed by atoms with Gasteiger partial charge in [0.05, 0.1) is 11.1 Å². The van der Waals surface area contributed by atoms with E-state index in [0.717, 1.165) is 11.7 Å². The normalized spacial score (nSPS) is 10.2. The maximum Gasteiger partial charge on any atom is 0.185 e. The molecular formula is C13H14N2OS. The van der Waals surface area contributed by atoms with E-state index >= 15 is 0 Å². The summed E-state index contributed by atoms with van der Waals surface area (Å²) < 4.78 is 0. The third kappa shape index (κ3) is 2.91. The molecule has 0 radical (unpaired) electrons. The van der Waals surface area contributed by atoms with Crippen LogP contribution in [0.1, 0.15) is 22.2 Å². The Labute approximate surface area is 105 Å². The van der Waals surface area contributed by atoms with E-state index in [4.69, 9.17) is 0 Å². The van der Waals surface area contributed by atoms with Gasteiger partial charge in [0.25, 0.3) is 0 Å².